The highest BCUT2D eigenvalue weighted by Crippen LogP contribution is 2.06. The maximum absolute atomic E-state index is 11.8. The Balaban J connectivity index is 4.63. The van der Waals surface area contributed by atoms with Crippen LogP contribution in [0.3, 0.4) is 0 Å². The van der Waals surface area contributed by atoms with E-state index < -0.39 is 5.92 Å². The minimum Gasteiger partial charge on any atom is -0.409 e. The Morgan fingerprint density at radius 3 is 2.33 bits per heavy atom. The molecule has 0 bridgehead atoms. The molecule has 0 saturated carbocycles. The third-order valence-corrected chi connectivity index (χ3v) is 2.18. The molecule has 0 aromatic carbocycles. The number of aliphatic hydroxyl groups excluding tert-OH is 1. The van der Waals surface area contributed by atoms with Crippen LogP contribution in [0.5, 0.6) is 0 Å². The van der Waals surface area contributed by atoms with Crippen LogP contribution < -0.4 is 5.73 Å². The molecule has 6 nitrogen and oxygen atoms in total. The van der Waals surface area contributed by atoms with Crippen LogP contribution in [0.2, 0.25) is 0 Å². The standard InChI is InChI=1S/C9H19N3O3/c1-6(2)12(4-5-13)9(14)7(3)8(10)11-15/h6-7,13,15H,4-5H2,1-3H3,(H2,10,11). The van der Waals surface area contributed by atoms with E-state index in [0.29, 0.717) is 0 Å². The van der Waals surface area contributed by atoms with Crippen molar-refractivity contribution in [2.45, 2.75) is 26.8 Å². The smallest absolute Gasteiger partial charge is 0.233 e. The van der Waals surface area contributed by atoms with Crippen LogP contribution in [-0.2, 0) is 4.79 Å². The summed E-state index contributed by atoms with van der Waals surface area (Å²) in [5, 5.41) is 20.1. The molecule has 6 heteroatoms. The fourth-order valence-electron chi connectivity index (χ4n) is 1.19. The van der Waals surface area contributed by atoms with Gasteiger partial charge in [0.15, 0.2) is 5.84 Å². The average Bonchev–Trinajstić information content (AvgIpc) is 2.22. The van der Waals surface area contributed by atoms with E-state index in [0.717, 1.165) is 0 Å². The summed E-state index contributed by atoms with van der Waals surface area (Å²) in [7, 11) is 0. The maximum atomic E-state index is 11.8. The fraction of sp³-hybridized carbons (Fsp3) is 0.778. The quantitative estimate of drug-likeness (QED) is 0.252. The number of nitrogens with two attached hydrogens (primary N) is 1. The Kier molecular flexibility index (Phi) is 5.69. The summed E-state index contributed by atoms with van der Waals surface area (Å²) in [6, 6.07) is -0.0291. The molecule has 1 unspecified atom stereocenters. The molecule has 88 valence electrons. The van der Waals surface area contributed by atoms with Gasteiger partial charge in [-0.1, -0.05) is 5.16 Å². The van der Waals surface area contributed by atoms with E-state index in [1.165, 1.54) is 4.90 Å². The van der Waals surface area contributed by atoms with Gasteiger partial charge in [-0.3, -0.25) is 4.79 Å². The first-order valence-corrected chi connectivity index (χ1v) is 4.84. The maximum Gasteiger partial charge on any atom is 0.233 e. The molecule has 0 aliphatic heterocycles. The van der Waals surface area contributed by atoms with Crippen molar-refractivity contribution in [3.05, 3.63) is 0 Å². The lowest BCUT2D eigenvalue weighted by molar-refractivity contribution is -0.135. The summed E-state index contributed by atoms with van der Waals surface area (Å²) in [5.74, 6) is -1.05. The van der Waals surface area contributed by atoms with Crippen molar-refractivity contribution in [1.29, 1.82) is 0 Å². The van der Waals surface area contributed by atoms with Gasteiger partial charge in [0.1, 0.15) is 0 Å². The van der Waals surface area contributed by atoms with Crippen molar-refractivity contribution in [2.75, 3.05) is 13.2 Å². The van der Waals surface area contributed by atoms with Crippen molar-refractivity contribution in [3.63, 3.8) is 0 Å². The lowest BCUT2D eigenvalue weighted by atomic mass is 10.1. The van der Waals surface area contributed by atoms with Crippen LogP contribution in [-0.4, -0.2) is 46.1 Å². The van der Waals surface area contributed by atoms with E-state index in [9.17, 15) is 4.79 Å². The molecule has 0 fully saturated rings. The molecule has 0 aromatic heterocycles. The second-order valence-corrected chi connectivity index (χ2v) is 3.60. The molecule has 15 heavy (non-hydrogen) atoms. The van der Waals surface area contributed by atoms with Crippen molar-refractivity contribution in [2.24, 2.45) is 16.8 Å². The third kappa shape index (κ3) is 3.75. The van der Waals surface area contributed by atoms with E-state index in [2.05, 4.69) is 5.16 Å². The van der Waals surface area contributed by atoms with Gasteiger partial charge in [0.25, 0.3) is 0 Å². The highest BCUT2D eigenvalue weighted by molar-refractivity contribution is 6.01. The van der Waals surface area contributed by atoms with Crippen LogP contribution >= 0.6 is 0 Å². The number of amides is 1. The fourth-order valence-corrected chi connectivity index (χ4v) is 1.19. The number of nitrogens with zero attached hydrogens (tertiary/aromatic N) is 2. The van der Waals surface area contributed by atoms with Crippen LogP contribution in [0.1, 0.15) is 20.8 Å². The molecule has 0 spiro atoms. The van der Waals surface area contributed by atoms with Gasteiger partial charge in [0.2, 0.25) is 5.91 Å². The van der Waals surface area contributed by atoms with Crippen LogP contribution in [0.25, 0.3) is 0 Å². The summed E-state index contributed by atoms with van der Waals surface area (Å²) in [4.78, 5) is 13.3. The number of rotatable bonds is 5. The first kappa shape index (κ1) is 13.7. The zero-order valence-corrected chi connectivity index (χ0v) is 9.34. The van der Waals surface area contributed by atoms with Crippen molar-refractivity contribution >= 4 is 11.7 Å². The van der Waals surface area contributed by atoms with E-state index in [-0.39, 0.29) is 30.9 Å². The molecule has 0 saturated heterocycles. The van der Waals surface area contributed by atoms with Gasteiger partial charge < -0.3 is 20.9 Å². The number of aliphatic hydroxyl groups is 1. The van der Waals surface area contributed by atoms with Gasteiger partial charge in [-0.2, -0.15) is 0 Å². The summed E-state index contributed by atoms with van der Waals surface area (Å²) < 4.78 is 0. The Hall–Kier alpha value is -1.30. The van der Waals surface area contributed by atoms with Crippen LogP contribution in [0.15, 0.2) is 5.16 Å². The second kappa shape index (κ2) is 6.23. The van der Waals surface area contributed by atoms with Crippen molar-refractivity contribution in [3.8, 4) is 0 Å². The predicted octanol–water partition coefficient (Wildman–Crippen LogP) is -0.402. The molecular formula is C9H19N3O3. The Labute approximate surface area is 89.4 Å². The number of carbonyl (C=O) groups is 1. The first-order valence-electron chi connectivity index (χ1n) is 4.84. The summed E-state index contributed by atoms with van der Waals surface area (Å²) in [5.41, 5.74) is 5.34. The van der Waals surface area contributed by atoms with Crippen LogP contribution in [0.4, 0.5) is 0 Å². The number of hydrogen-bond acceptors (Lipinski definition) is 4. The predicted molar refractivity (Wildman–Crippen MR) is 56.5 cm³/mol. The molecule has 1 atom stereocenters. The van der Waals surface area contributed by atoms with E-state index >= 15 is 0 Å². The molecule has 0 heterocycles. The Morgan fingerprint density at radius 2 is 2.00 bits per heavy atom. The van der Waals surface area contributed by atoms with Crippen molar-refractivity contribution < 1.29 is 15.1 Å². The van der Waals surface area contributed by atoms with Gasteiger partial charge in [0, 0.05) is 12.6 Å². The van der Waals surface area contributed by atoms with E-state index in [1.807, 2.05) is 13.8 Å². The van der Waals surface area contributed by atoms with Gasteiger partial charge in [0.05, 0.1) is 12.5 Å². The monoisotopic (exact) mass is 217 g/mol. The summed E-state index contributed by atoms with van der Waals surface area (Å²) in [6.07, 6.45) is 0. The van der Waals surface area contributed by atoms with Crippen molar-refractivity contribution in [1.82, 2.24) is 4.90 Å². The largest absolute Gasteiger partial charge is 0.409 e. The molecule has 0 aromatic rings. The SMILES string of the molecule is CC(C(=O)N(CCO)C(C)C)C(N)=NO. The lowest BCUT2D eigenvalue weighted by Gasteiger charge is -2.28. The second-order valence-electron chi connectivity index (χ2n) is 3.60. The molecule has 0 radical (unpaired) electrons. The van der Waals surface area contributed by atoms with Gasteiger partial charge in [-0.25, -0.2) is 0 Å². The minimum absolute atomic E-state index is 0.0291. The highest BCUT2D eigenvalue weighted by Gasteiger charge is 2.25. The molecule has 0 rings (SSSR count). The lowest BCUT2D eigenvalue weighted by Crippen LogP contribution is -2.45. The number of oxime groups is 1. The average molecular weight is 217 g/mol. The normalized spacial score (nSPS) is 14.1. The van der Waals surface area contributed by atoms with E-state index in [1.54, 1.807) is 6.92 Å². The van der Waals surface area contributed by atoms with Crippen LogP contribution in [0, 0.1) is 5.92 Å². The number of hydrogen-bond donors (Lipinski definition) is 3. The summed E-state index contributed by atoms with van der Waals surface area (Å²) >= 11 is 0. The topological polar surface area (TPSA) is 99.2 Å². The molecular weight excluding hydrogens is 198 g/mol. The number of amidine groups is 1. The Bertz CT molecular complexity index is 241. The first-order chi connectivity index (χ1) is 6.95. The molecule has 0 aliphatic carbocycles. The zero-order valence-electron chi connectivity index (χ0n) is 9.34. The molecule has 0 aliphatic rings. The highest BCUT2D eigenvalue weighted by atomic mass is 16.4. The molecule has 1 amide bonds. The minimum atomic E-state index is -0.677. The molecule has 4 N–H and O–H groups in total. The zero-order chi connectivity index (χ0) is 12.0. The van der Waals surface area contributed by atoms with Gasteiger partial charge >= 0.3 is 0 Å². The number of carbonyl (C=O) groups excluding carboxylic acids is 1. The Morgan fingerprint density at radius 1 is 1.47 bits per heavy atom. The van der Waals surface area contributed by atoms with E-state index in [4.69, 9.17) is 16.0 Å². The van der Waals surface area contributed by atoms with Gasteiger partial charge in [-0.05, 0) is 20.8 Å². The summed E-state index contributed by atoms with van der Waals surface area (Å²) in [6.45, 7) is 5.38. The van der Waals surface area contributed by atoms with Gasteiger partial charge in [-0.15, -0.1) is 0 Å². The third-order valence-electron chi connectivity index (χ3n) is 2.18.